The molecule has 1 aromatic carbocycles. The van der Waals surface area contributed by atoms with Gasteiger partial charge in [0, 0.05) is 18.4 Å². The van der Waals surface area contributed by atoms with Gasteiger partial charge in [-0.05, 0) is 19.2 Å². The van der Waals surface area contributed by atoms with E-state index in [2.05, 4.69) is 32.6 Å². The number of fused-ring (bicyclic) bond motifs is 1. The molecule has 2 heterocycles. The van der Waals surface area contributed by atoms with Crippen molar-refractivity contribution >= 4 is 22.2 Å². The van der Waals surface area contributed by atoms with Gasteiger partial charge in [0.15, 0.2) is 5.01 Å². The number of likely N-dealkylation sites (N-methyl/N-ethyl adjacent to an activating group) is 1. The molecule has 5 heteroatoms. The number of benzene rings is 1. The van der Waals surface area contributed by atoms with Gasteiger partial charge < -0.3 is 5.32 Å². The zero-order valence-corrected chi connectivity index (χ0v) is 11.4. The van der Waals surface area contributed by atoms with Crippen molar-refractivity contribution in [2.45, 2.75) is 6.42 Å². The molecule has 3 rings (SSSR count). The predicted octanol–water partition coefficient (Wildman–Crippen LogP) is 2.52. The molecule has 4 nitrogen and oxygen atoms in total. The Morgan fingerprint density at radius 3 is 2.89 bits per heavy atom. The minimum atomic E-state index is 0.886. The van der Waals surface area contributed by atoms with Crippen LogP contribution in [0.4, 0.5) is 0 Å². The van der Waals surface area contributed by atoms with Gasteiger partial charge in [0.2, 0.25) is 0 Å². The zero-order chi connectivity index (χ0) is 13.1. The molecule has 0 aliphatic heterocycles. The van der Waals surface area contributed by atoms with Crippen LogP contribution < -0.4 is 5.32 Å². The molecular formula is C14H14N4S. The molecule has 19 heavy (non-hydrogen) atoms. The Morgan fingerprint density at radius 2 is 2.00 bits per heavy atom. The molecule has 0 amide bonds. The second kappa shape index (κ2) is 5.42. The topological polar surface area (TPSA) is 50.7 Å². The van der Waals surface area contributed by atoms with Crippen molar-refractivity contribution in [3.63, 3.8) is 0 Å². The average molecular weight is 270 g/mol. The van der Waals surface area contributed by atoms with E-state index in [1.807, 2.05) is 31.3 Å². The van der Waals surface area contributed by atoms with Gasteiger partial charge in [-0.2, -0.15) is 0 Å². The standard InChI is InChI=1S/C14H14N4S/c1-15-9-8-13-17-18-14(19-13)12-7-6-10-4-2-3-5-11(10)16-12/h2-7,15H,8-9H2,1H3. The lowest BCUT2D eigenvalue weighted by molar-refractivity contribution is 0.779. The molecule has 0 aliphatic rings. The van der Waals surface area contributed by atoms with Crippen molar-refractivity contribution in [3.8, 4) is 10.7 Å². The fourth-order valence-corrected chi connectivity index (χ4v) is 2.68. The fourth-order valence-electron chi connectivity index (χ4n) is 1.88. The predicted molar refractivity (Wildman–Crippen MR) is 78.3 cm³/mol. The maximum absolute atomic E-state index is 4.63. The van der Waals surface area contributed by atoms with E-state index in [0.29, 0.717) is 0 Å². The highest BCUT2D eigenvalue weighted by atomic mass is 32.1. The molecule has 0 radical (unpaired) electrons. The average Bonchev–Trinajstić information content (AvgIpc) is 2.93. The van der Waals surface area contributed by atoms with Crippen LogP contribution in [0.3, 0.4) is 0 Å². The maximum Gasteiger partial charge on any atom is 0.166 e. The van der Waals surface area contributed by atoms with E-state index in [0.717, 1.165) is 39.6 Å². The van der Waals surface area contributed by atoms with Gasteiger partial charge in [0.1, 0.15) is 10.7 Å². The van der Waals surface area contributed by atoms with Gasteiger partial charge in [0.05, 0.1) is 5.52 Å². The molecule has 1 N–H and O–H groups in total. The Morgan fingerprint density at radius 1 is 1.11 bits per heavy atom. The number of rotatable bonds is 4. The van der Waals surface area contributed by atoms with Crippen LogP contribution >= 0.6 is 11.3 Å². The largest absolute Gasteiger partial charge is 0.319 e. The summed E-state index contributed by atoms with van der Waals surface area (Å²) in [5, 5.41) is 14.6. The molecule has 0 unspecified atom stereocenters. The van der Waals surface area contributed by atoms with E-state index in [4.69, 9.17) is 0 Å². The quantitative estimate of drug-likeness (QED) is 0.791. The lowest BCUT2D eigenvalue weighted by atomic mass is 10.2. The molecule has 96 valence electrons. The monoisotopic (exact) mass is 270 g/mol. The summed E-state index contributed by atoms with van der Waals surface area (Å²) in [6, 6.07) is 12.2. The summed E-state index contributed by atoms with van der Waals surface area (Å²) in [7, 11) is 1.94. The first-order valence-corrected chi connectivity index (χ1v) is 7.01. The van der Waals surface area contributed by atoms with Crippen molar-refractivity contribution in [2.75, 3.05) is 13.6 Å². The zero-order valence-electron chi connectivity index (χ0n) is 10.6. The fraction of sp³-hybridized carbons (Fsp3) is 0.214. The van der Waals surface area contributed by atoms with Crippen molar-refractivity contribution in [3.05, 3.63) is 41.4 Å². The third-order valence-corrected chi connectivity index (χ3v) is 3.88. The van der Waals surface area contributed by atoms with Crippen LogP contribution in [0, 0.1) is 0 Å². The van der Waals surface area contributed by atoms with Crippen LogP contribution in [-0.4, -0.2) is 28.8 Å². The lowest BCUT2D eigenvalue weighted by Crippen LogP contribution is -2.09. The van der Waals surface area contributed by atoms with Crippen LogP contribution in [0.15, 0.2) is 36.4 Å². The van der Waals surface area contributed by atoms with Crippen LogP contribution in [0.5, 0.6) is 0 Å². The molecule has 0 aliphatic carbocycles. The summed E-state index contributed by atoms with van der Waals surface area (Å²) >= 11 is 1.61. The molecule has 0 fully saturated rings. The van der Waals surface area contributed by atoms with Crippen LogP contribution in [0.25, 0.3) is 21.6 Å². The third-order valence-electron chi connectivity index (χ3n) is 2.87. The SMILES string of the molecule is CNCCc1nnc(-c2ccc3ccccc3n2)s1. The van der Waals surface area contributed by atoms with Crippen LogP contribution in [-0.2, 0) is 6.42 Å². The Balaban J connectivity index is 1.92. The van der Waals surface area contributed by atoms with Crippen molar-refractivity contribution in [2.24, 2.45) is 0 Å². The van der Waals surface area contributed by atoms with E-state index in [-0.39, 0.29) is 0 Å². The van der Waals surface area contributed by atoms with Gasteiger partial charge in [0.25, 0.3) is 0 Å². The molecule has 0 bridgehead atoms. The molecular weight excluding hydrogens is 256 g/mol. The van der Waals surface area contributed by atoms with Crippen LogP contribution in [0.2, 0.25) is 0 Å². The number of pyridine rings is 1. The number of hydrogen-bond acceptors (Lipinski definition) is 5. The molecule has 0 saturated heterocycles. The maximum atomic E-state index is 4.63. The summed E-state index contributed by atoms with van der Waals surface area (Å²) in [5.74, 6) is 0. The van der Waals surface area contributed by atoms with Crippen molar-refractivity contribution in [1.82, 2.24) is 20.5 Å². The number of nitrogens with zero attached hydrogens (tertiary/aromatic N) is 3. The number of hydrogen-bond donors (Lipinski definition) is 1. The lowest BCUT2D eigenvalue weighted by Gasteiger charge is -1.98. The first kappa shape index (κ1) is 12.2. The number of nitrogens with one attached hydrogen (secondary N) is 1. The second-order valence-electron chi connectivity index (χ2n) is 4.24. The van der Waals surface area contributed by atoms with E-state index >= 15 is 0 Å². The summed E-state index contributed by atoms with van der Waals surface area (Å²) in [6.45, 7) is 0.916. The smallest absolute Gasteiger partial charge is 0.166 e. The van der Waals surface area contributed by atoms with Crippen molar-refractivity contribution in [1.29, 1.82) is 0 Å². The normalized spacial score (nSPS) is 11.0. The molecule has 0 spiro atoms. The molecule has 0 saturated carbocycles. The third kappa shape index (κ3) is 2.62. The Bertz CT molecular complexity index is 692. The van der Waals surface area contributed by atoms with Gasteiger partial charge >= 0.3 is 0 Å². The Hall–Kier alpha value is -1.85. The number of aromatic nitrogens is 3. The Kier molecular flexibility index (Phi) is 3.48. The molecule has 0 atom stereocenters. The molecule has 3 aromatic rings. The highest BCUT2D eigenvalue weighted by Crippen LogP contribution is 2.24. The highest BCUT2D eigenvalue weighted by molar-refractivity contribution is 7.14. The Labute approximate surface area is 115 Å². The highest BCUT2D eigenvalue weighted by Gasteiger charge is 2.08. The van der Waals surface area contributed by atoms with Crippen LogP contribution in [0.1, 0.15) is 5.01 Å². The van der Waals surface area contributed by atoms with E-state index < -0.39 is 0 Å². The van der Waals surface area contributed by atoms with E-state index in [1.165, 1.54) is 0 Å². The van der Waals surface area contributed by atoms with Gasteiger partial charge in [-0.25, -0.2) is 4.98 Å². The minimum absolute atomic E-state index is 0.886. The van der Waals surface area contributed by atoms with Crippen molar-refractivity contribution < 1.29 is 0 Å². The van der Waals surface area contributed by atoms with Gasteiger partial charge in [-0.3, -0.25) is 0 Å². The second-order valence-corrected chi connectivity index (χ2v) is 5.31. The van der Waals surface area contributed by atoms with E-state index in [1.54, 1.807) is 11.3 Å². The first-order valence-electron chi connectivity index (χ1n) is 6.20. The first-order chi connectivity index (χ1) is 9.36. The van der Waals surface area contributed by atoms with Gasteiger partial charge in [-0.15, -0.1) is 10.2 Å². The summed E-state index contributed by atoms with van der Waals surface area (Å²) in [4.78, 5) is 4.63. The van der Waals surface area contributed by atoms with E-state index in [9.17, 15) is 0 Å². The minimum Gasteiger partial charge on any atom is -0.319 e. The van der Waals surface area contributed by atoms with Gasteiger partial charge in [-0.1, -0.05) is 35.6 Å². The summed E-state index contributed by atoms with van der Waals surface area (Å²) in [6.07, 6.45) is 0.905. The summed E-state index contributed by atoms with van der Waals surface area (Å²) in [5.41, 5.74) is 1.89. The summed E-state index contributed by atoms with van der Waals surface area (Å²) < 4.78 is 0. The number of para-hydroxylation sites is 1. The molecule has 2 aromatic heterocycles.